The molecule has 1 amide bonds. The zero-order valence-corrected chi connectivity index (χ0v) is 10.3. The van der Waals surface area contributed by atoms with E-state index < -0.39 is 11.4 Å². The van der Waals surface area contributed by atoms with Crippen LogP contribution >= 0.6 is 23.1 Å². The van der Waals surface area contributed by atoms with Crippen molar-refractivity contribution < 1.29 is 18.0 Å². The lowest BCUT2D eigenvalue weighted by Crippen LogP contribution is -2.18. The van der Waals surface area contributed by atoms with Crippen molar-refractivity contribution in [3.8, 4) is 0 Å². The summed E-state index contributed by atoms with van der Waals surface area (Å²) in [5.74, 6) is -0.530. The number of thiophene rings is 1. The Labute approximate surface area is 105 Å². The third kappa shape index (κ3) is 5.94. The van der Waals surface area contributed by atoms with E-state index in [9.17, 15) is 18.0 Å². The van der Waals surface area contributed by atoms with Gasteiger partial charge in [-0.1, -0.05) is 0 Å². The Kier molecular flexibility index (Phi) is 5.29. The number of amides is 1. The van der Waals surface area contributed by atoms with Crippen LogP contribution in [0.4, 0.5) is 13.2 Å². The van der Waals surface area contributed by atoms with E-state index in [4.69, 9.17) is 5.73 Å². The van der Waals surface area contributed by atoms with Gasteiger partial charge in [-0.15, -0.1) is 11.3 Å². The summed E-state index contributed by atoms with van der Waals surface area (Å²) in [4.78, 5) is 11.7. The predicted octanol–water partition coefficient (Wildman–Crippen LogP) is 2.19. The highest BCUT2D eigenvalue weighted by Crippen LogP contribution is 2.29. The van der Waals surface area contributed by atoms with Crippen LogP contribution in [0, 0.1) is 0 Å². The molecule has 0 saturated carbocycles. The standard InChI is InChI=1S/C9H11F3N2OS2/c10-9(11,12)17-2-1-14-4-7-3-6(5-16-7)8(13)15/h3,5,14H,1-2,4H2,(H2,13,15). The van der Waals surface area contributed by atoms with Gasteiger partial charge in [0.1, 0.15) is 0 Å². The molecular formula is C9H11F3N2OS2. The zero-order chi connectivity index (χ0) is 12.9. The first-order valence-electron chi connectivity index (χ1n) is 4.67. The van der Waals surface area contributed by atoms with Crippen LogP contribution in [-0.2, 0) is 6.54 Å². The molecule has 0 saturated heterocycles. The van der Waals surface area contributed by atoms with Crippen molar-refractivity contribution in [1.82, 2.24) is 5.32 Å². The van der Waals surface area contributed by atoms with Gasteiger partial charge < -0.3 is 11.1 Å². The number of halogens is 3. The lowest BCUT2D eigenvalue weighted by Gasteiger charge is -2.05. The number of rotatable bonds is 6. The highest BCUT2D eigenvalue weighted by atomic mass is 32.2. The molecule has 1 rings (SSSR count). The molecule has 0 aliphatic carbocycles. The summed E-state index contributed by atoms with van der Waals surface area (Å²) in [5, 5.41) is 4.49. The summed E-state index contributed by atoms with van der Waals surface area (Å²) in [6.07, 6.45) is 0. The maximum Gasteiger partial charge on any atom is 0.441 e. The smallest absolute Gasteiger partial charge is 0.366 e. The Morgan fingerprint density at radius 3 is 2.76 bits per heavy atom. The van der Waals surface area contributed by atoms with Gasteiger partial charge in [0.2, 0.25) is 5.91 Å². The second-order valence-electron chi connectivity index (χ2n) is 3.14. The zero-order valence-electron chi connectivity index (χ0n) is 8.71. The fourth-order valence-corrected chi connectivity index (χ4v) is 2.37. The average Bonchev–Trinajstić information content (AvgIpc) is 2.64. The molecule has 0 unspecified atom stereocenters. The number of hydrogen-bond acceptors (Lipinski definition) is 4. The third-order valence-corrected chi connectivity index (χ3v) is 3.45. The first-order chi connectivity index (χ1) is 7.88. The van der Waals surface area contributed by atoms with Gasteiger partial charge in [-0.3, -0.25) is 4.79 Å². The predicted molar refractivity (Wildman–Crippen MR) is 63.1 cm³/mol. The summed E-state index contributed by atoms with van der Waals surface area (Å²) in [6, 6.07) is 1.64. The average molecular weight is 284 g/mol. The molecule has 0 fully saturated rings. The molecule has 0 aliphatic rings. The van der Waals surface area contributed by atoms with Crippen molar-refractivity contribution in [2.24, 2.45) is 5.73 Å². The second-order valence-corrected chi connectivity index (χ2v) is 5.29. The first kappa shape index (κ1) is 14.3. The van der Waals surface area contributed by atoms with E-state index in [1.165, 1.54) is 11.3 Å². The molecule has 17 heavy (non-hydrogen) atoms. The summed E-state index contributed by atoms with van der Waals surface area (Å²) in [6.45, 7) is 0.699. The number of carbonyl (C=O) groups excluding carboxylic acids is 1. The van der Waals surface area contributed by atoms with E-state index in [0.29, 0.717) is 12.1 Å². The van der Waals surface area contributed by atoms with Gasteiger partial charge in [0.15, 0.2) is 0 Å². The van der Waals surface area contributed by atoms with Gasteiger partial charge >= 0.3 is 5.51 Å². The lowest BCUT2D eigenvalue weighted by molar-refractivity contribution is -0.0327. The second kappa shape index (κ2) is 6.27. The van der Waals surface area contributed by atoms with Crippen LogP contribution in [0.25, 0.3) is 0 Å². The van der Waals surface area contributed by atoms with Crippen LogP contribution in [0.15, 0.2) is 11.4 Å². The van der Waals surface area contributed by atoms with Crippen molar-refractivity contribution in [1.29, 1.82) is 0 Å². The van der Waals surface area contributed by atoms with E-state index in [-0.39, 0.29) is 24.1 Å². The van der Waals surface area contributed by atoms with Gasteiger partial charge in [0, 0.05) is 29.1 Å². The number of hydrogen-bond donors (Lipinski definition) is 2. The van der Waals surface area contributed by atoms with E-state index in [1.807, 2.05) is 0 Å². The molecule has 0 spiro atoms. The van der Waals surface area contributed by atoms with Crippen LogP contribution in [-0.4, -0.2) is 23.7 Å². The quantitative estimate of drug-likeness (QED) is 0.787. The monoisotopic (exact) mass is 284 g/mol. The SMILES string of the molecule is NC(=O)c1csc(CNCCSC(F)(F)F)c1. The molecule has 0 aromatic carbocycles. The number of thioether (sulfide) groups is 1. The Bertz CT molecular complexity index is 379. The molecule has 1 heterocycles. The Balaban J connectivity index is 2.20. The van der Waals surface area contributed by atoms with Crippen molar-refractivity contribution in [3.63, 3.8) is 0 Å². The van der Waals surface area contributed by atoms with Gasteiger partial charge in [-0.25, -0.2) is 0 Å². The maximum absolute atomic E-state index is 11.8. The Morgan fingerprint density at radius 2 is 2.24 bits per heavy atom. The molecule has 1 aromatic rings. The third-order valence-electron chi connectivity index (χ3n) is 1.78. The summed E-state index contributed by atoms with van der Waals surface area (Å²) >= 11 is 1.29. The number of nitrogens with two attached hydrogens (primary N) is 1. The van der Waals surface area contributed by atoms with Gasteiger partial charge in [0.05, 0.1) is 5.56 Å². The largest absolute Gasteiger partial charge is 0.441 e. The lowest BCUT2D eigenvalue weighted by atomic mass is 10.3. The molecule has 0 atom stereocenters. The summed E-state index contributed by atoms with van der Waals surface area (Å²) < 4.78 is 35.4. The molecule has 0 radical (unpaired) electrons. The van der Waals surface area contributed by atoms with E-state index >= 15 is 0 Å². The Hall–Kier alpha value is -0.730. The van der Waals surface area contributed by atoms with Crippen LogP contribution < -0.4 is 11.1 Å². The van der Waals surface area contributed by atoms with Crippen LogP contribution in [0.5, 0.6) is 0 Å². The molecule has 0 aliphatic heterocycles. The molecule has 0 bridgehead atoms. The maximum atomic E-state index is 11.8. The van der Waals surface area contributed by atoms with Crippen LogP contribution in [0.1, 0.15) is 15.2 Å². The molecule has 1 aromatic heterocycles. The topological polar surface area (TPSA) is 55.1 Å². The van der Waals surface area contributed by atoms with E-state index in [2.05, 4.69) is 5.32 Å². The van der Waals surface area contributed by atoms with E-state index in [1.54, 1.807) is 11.4 Å². The minimum absolute atomic E-state index is 0.0302. The minimum atomic E-state index is -4.18. The highest BCUT2D eigenvalue weighted by Gasteiger charge is 2.27. The first-order valence-corrected chi connectivity index (χ1v) is 6.53. The summed E-state index contributed by atoms with van der Waals surface area (Å²) in [5.41, 5.74) is 1.32. The Morgan fingerprint density at radius 1 is 1.53 bits per heavy atom. The normalized spacial score (nSPS) is 11.7. The molecule has 96 valence electrons. The number of primary amides is 1. The van der Waals surface area contributed by atoms with Gasteiger partial charge in [-0.05, 0) is 17.8 Å². The summed E-state index contributed by atoms with van der Waals surface area (Å²) in [7, 11) is 0. The van der Waals surface area contributed by atoms with Crippen molar-refractivity contribution in [3.05, 3.63) is 21.9 Å². The van der Waals surface area contributed by atoms with Crippen molar-refractivity contribution in [2.75, 3.05) is 12.3 Å². The highest BCUT2D eigenvalue weighted by molar-refractivity contribution is 8.00. The van der Waals surface area contributed by atoms with Gasteiger partial charge in [-0.2, -0.15) is 13.2 Å². The number of alkyl halides is 3. The number of nitrogens with one attached hydrogen (secondary N) is 1. The minimum Gasteiger partial charge on any atom is -0.366 e. The number of carbonyl (C=O) groups is 1. The molecule has 3 nitrogen and oxygen atoms in total. The fraction of sp³-hybridized carbons (Fsp3) is 0.444. The molecule has 3 N–H and O–H groups in total. The fourth-order valence-electron chi connectivity index (χ4n) is 1.05. The van der Waals surface area contributed by atoms with Gasteiger partial charge in [0.25, 0.3) is 0 Å². The van der Waals surface area contributed by atoms with Crippen molar-refractivity contribution in [2.45, 2.75) is 12.1 Å². The van der Waals surface area contributed by atoms with Crippen LogP contribution in [0.2, 0.25) is 0 Å². The van der Waals surface area contributed by atoms with Crippen molar-refractivity contribution >= 4 is 29.0 Å². The molecule has 8 heteroatoms. The van der Waals surface area contributed by atoms with Crippen LogP contribution in [0.3, 0.4) is 0 Å². The van der Waals surface area contributed by atoms with E-state index in [0.717, 1.165) is 4.88 Å². The molecular weight excluding hydrogens is 273 g/mol.